The molecule has 0 aliphatic rings. The molecule has 2 aromatic carbocycles. The number of hydrogen-bond acceptors (Lipinski definition) is 4. The Hall–Kier alpha value is -3.08. The molecule has 0 saturated heterocycles. The van der Waals surface area contributed by atoms with Crippen LogP contribution >= 0.6 is 0 Å². The summed E-state index contributed by atoms with van der Waals surface area (Å²) in [5, 5.41) is 6.47. The molecule has 1 aromatic heterocycles. The van der Waals surface area contributed by atoms with Gasteiger partial charge in [0.15, 0.2) is 0 Å². The summed E-state index contributed by atoms with van der Waals surface area (Å²) in [6.07, 6.45) is 1.33. The summed E-state index contributed by atoms with van der Waals surface area (Å²) < 4.78 is 10.5. The number of anilines is 1. The largest absolute Gasteiger partial charge is 0.457 e. The van der Waals surface area contributed by atoms with E-state index in [0.29, 0.717) is 22.7 Å². The molecule has 1 heterocycles. The summed E-state index contributed by atoms with van der Waals surface area (Å²) in [7, 11) is 0. The van der Waals surface area contributed by atoms with Crippen molar-refractivity contribution in [1.82, 2.24) is 5.16 Å². The standard InChI is InChI=1S/C17H14N2O3/c1-12-16(11-21-19-12)17(20)18-13-7-9-15(10-8-13)22-14-5-3-2-4-6-14/h2-11H,1H3,(H,18,20). The summed E-state index contributed by atoms with van der Waals surface area (Å²) in [5.74, 6) is 1.21. The van der Waals surface area contributed by atoms with Crippen molar-refractivity contribution in [2.45, 2.75) is 6.92 Å². The summed E-state index contributed by atoms with van der Waals surface area (Å²) in [6.45, 7) is 1.72. The highest BCUT2D eigenvalue weighted by Gasteiger charge is 2.12. The van der Waals surface area contributed by atoms with Crippen LogP contribution in [0.15, 0.2) is 65.4 Å². The van der Waals surface area contributed by atoms with Gasteiger partial charge in [0.2, 0.25) is 0 Å². The molecular weight excluding hydrogens is 280 g/mol. The molecule has 0 radical (unpaired) electrons. The molecule has 0 aliphatic heterocycles. The fourth-order valence-corrected chi connectivity index (χ4v) is 1.94. The summed E-state index contributed by atoms with van der Waals surface area (Å²) in [4.78, 5) is 12.0. The van der Waals surface area contributed by atoms with Crippen LogP contribution in [0.4, 0.5) is 5.69 Å². The van der Waals surface area contributed by atoms with Gasteiger partial charge in [-0.25, -0.2) is 0 Å². The van der Waals surface area contributed by atoms with Gasteiger partial charge in [0.1, 0.15) is 23.3 Å². The van der Waals surface area contributed by atoms with Crippen LogP contribution in [-0.4, -0.2) is 11.1 Å². The predicted octanol–water partition coefficient (Wildman–Crippen LogP) is 4.03. The Balaban J connectivity index is 1.67. The molecule has 0 aliphatic carbocycles. The van der Waals surface area contributed by atoms with Crippen LogP contribution < -0.4 is 10.1 Å². The Morgan fingerprint density at radius 2 is 1.73 bits per heavy atom. The van der Waals surface area contributed by atoms with E-state index in [4.69, 9.17) is 9.26 Å². The molecular formula is C17H14N2O3. The van der Waals surface area contributed by atoms with Gasteiger partial charge in [-0.05, 0) is 43.3 Å². The molecule has 22 heavy (non-hydrogen) atoms. The zero-order chi connectivity index (χ0) is 15.4. The number of nitrogens with zero attached hydrogens (tertiary/aromatic N) is 1. The smallest absolute Gasteiger partial charge is 0.260 e. The number of ether oxygens (including phenoxy) is 1. The number of benzene rings is 2. The number of hydrogen-bond donors (Lipinski definition) is 1. The quantitative estimate of drug-likeness (QED) is 0.789. The first-order valence-corrected chi connectivity index (χ1v) is 6.77. The first-order chi connectivity index (χ1) is 10.7. The van der Waals surface area contributed by atoms with Gasteiger partial charge < -0.3 is 14.6 Å². The van der Waals surface area contributed by atoms with E-state index in [2.05, 4.69) is 10.5 Å². The minimum Gasteiger partial charge on any atom is -0.457 e. The van der Waals surface area contributed by atoms with Gasteiger partial charge in [0, 0.05) is 5.69 Å². The topological polar surface area (TPSA) is 64.4 Å². The van der Waals surface area contributed by atoms with Crippen molar-refractivity contribution < 1.29 is 14.1 Å². The molecule has 5 heteroatoms. The minimum atomic E-state index is -0.254. The second-order valence-corrected chi connectivity index (χ2v) is 4.71. The molecule has 0 fully saturated rings. The highest BCUT2D eigenvalue weighted by atomic mass is 16.5. The van der Waals surface area contributed by atoms with Crippen molar-refractivity contribution in [3.63, 3.8) is 0 Å². The van der Waals surface area contributed by atoms with E-state index in [9.17, 15) is 4.79 Å². The lowest BCUT2D eigenvalue weighted by Gasteiger charge is -2.07. The maximum Gasteiger partial charge on any atom is 0.260 e. The number of carbonyl (C=O) groups is 1. The van der Waals surface area contributed by atoms with Crippen LogP contribution in [0, 0.1) is 6.92 Å². The Kier molecular flexibility index (Phi) is 3.87. The molecule has 3 aromatic rings. The summed E-state index contributed by atoms with van der Waals surface area (Å²) in [5.41, 5.74) is 1.65. The Morgan fingerprint density at radius 3 is 2.36 bits per heavy atom. The fraction of sp³-hybridized carbons (Fsp3) is 0.0588. The molecule has 5 nitrogen and oxygen atoms in total. The average Bonchev–Trinajstić information content (AvgIpc) is 2.96. The van der Waals surface area contributed by atoms with Crippen molar-refractivity contribution in [3.8, 4) is 11.5 Å². The van der Waals surface area contributed by atoms with Gasteiger partial charge in [-0.3, -0.25) is 4.79 Å². The van der Waals surface area contributed by atoms with E-state index in [1.807, 2.05) is 30.3 Å². The summed E-state index contributed by atoms with van der Waals surface area (Å²) in [6, 6.07) is 16.6. The maximum absolute atomic E-state index is 12.0. The first-order valence-electron chi connectivity index (χ1n) is 6.77. The first kappa shape index (κ1) is 13.9. The number of amides is 1. The monoisotopic (exact) mass is 294 g/mol. The molecule has 110 valence electrons. The van der Waals surface area contributed by atoms with Gasteiger partial charge >= 0.3 is 0 Å². The molecule has 0 bridgehead atoms. The van der Waals surface area contributed by atoms with Gasteiger partial charge in [-0.1, -0.05) is 23.4 Å². The van der Waals surface area contributed by atoms with E-state index >= 15 is 0 Å². The molecule has 3 rings (SSSR count). The second kappa shape index (κ2) is 6.13. The third-order valence-corrected chi connectivity index (χ3v) is 3.09. The molecule has 0 spiro atoms. The third-order valence-electron chi connectivity index (χ3n) is 3.09. The lowest BCUT2D eigenvalue weighted by Crippen LogP contribution is -2.12. The SMILES string of the molecule is Cc1nocc1C(=O)Nc1ccc(Oc2ccccc2)cc1. The third kappa shape index (κ3) is 3.15. The van der Waals surface area contributed by atoms with Crippen molar-refractivity contribution in [1.29, 1.82) is 0 Å². The number of para-hydroxylation sites is 1. The maximum atomic E-state index is 12.0. The van der Waals surface area contributed by atoms with Gasteiger partial charge in [-0.15, -0.1) is 0 Å². The highest BCUT2D eigenvalue weighted by molar-refractivity contribution is 6.04. The Labute approximate surface area is 127 Å². The van der Waals surface area contributed by atoms with Crippen molar-refractivity contribution >= 4 is 11.6 Å². The van der Waals surface area contributed by atoms with E-state index in [1.165, 1.54) is 6.26 Å². The van der Waals surface area contributed by atoms with Crippen molar-refractivity contribution in [2.24, 2.45) is 0 Å². The zero-order valence-electron chi connectivity index (χ0n) is 11.9. The molecule has 0 unspecified atom stereocenters. The number of rotatable bonds is 4. The second-order valence-electron chi connectivity index (χ2n) is 4.71. The lowest BCUT2D eigenvalue weighted by molar-refractivity contribution is 0.102. The minimum absolute atomic E-state index is 0.254. The van der Waals surface area contributed by atoms with E-state index in [1.54, 1.807) is 31.2 Å². The Morgan fingerprint density at radius 1 is 1.05 bits per heavy atom. The molecule has 1 amide bonds. The van der Waals surface area contributed by atoms with Gasteiger partial charge in [0.05, 0.1) is 5.69 Å². The lowest BCUT2D eigenvalue weighted by atomic mass is 10.2. The fourth-order valence-electron chi connectivity index (χ4n) is 1.94. The highest BCUT2D eigenvalue weighted by Crippen LogP contribution is 2.23. The molecule has 1 N–H and O–H groups in total. The van der Waals surface area contributed by atoms with Gasteiger partial charge in [0.25, 0.3) is 5.91 Å². The van der Waals surface area contributed by atoms with Crippen molar-refractivity contribution in [2.75, 3.05) is 5.32 Å². The van der Waals surface area contributed by atoms with Crippen LogP contribution in [-0.2, 0) is 0 Å². The van der Waals surface area contributed by atoms with E-state index < -0.39 is 0 Å². The van der Waals surface area contributed by atoms with Crippen molar-refractivity contribution in [3.05, 3.63) is 72.1 Å². The van der Waals surface area contributed by atoms with Crippen LogP contribution in [0.25, 0.3) is 0 Å². The van der Waals surface area contributed by atoms with E-state index in [0.717, 1.165) is 5.75 Å². The van der Waals surface area contributed by atoms with Gasteiger partial charge in [-0.2, -0.15) is 0 Å². The Bertz CT molecular complexity index is 764. The van der Waals surface area contributed by atoms with Crippen LogP contribution in [0.5, 0.6) is 11.5 Å². The zero-order valence-corrected chi connectivity index (χ0v) is 11.9. The normalized spacial score (nSPS) is 10.2. The predicted molar refractivity (Wildman–Crippen MR) is 82.2 cm³/mol. The molecule has 0 atom stereocenters. The van der Waals surface area contributed by atoms with Crippen LogP contribution in [0.2, 0.25) is 0 Å². The molecule has 0 saturated carbocycles. The van der Waals surface area contributed by atoms with Crippen LogP contribution in [0.1, 0.15) is 16.1 Å². The average molecular weight is 294 g/mol. The number of aromatic nitrogens is 1. The number of carbonyl (C=O) groups excluding carboxylic acids is 1. The van der Waals surface area contributed by atoms with E-state index in [-0.39, 0.29) is 5.91 Å². The number of nitrogens with one attached hydrogen (secondary N) is 1. The van der Waals surface area contributed by atoms with Crippen LogP contribution in [0.3, 0.4) is 0 Å². The summed E-state index contributed by atoms with van der Waals surface area (Å²) >= 11 is 0. The number of aryl methyl sites for hydroxylation is 1.